The highest BCUT2D eigenvalue weighted by Gasteiger charge is 2.48. The fourth-order valence-electron chi connectivity index (χ4n) is 5.81. The summed E-state index contributed by atoms with van der Waals surface area (Å²) in [7, 11) is 0. The molecule has 10 heteroatoms. The summed E-state index contributed by atoms with van der Waals surface area (Å²) in [5.41, 5.74) is 1.04. The van der Waals surface area contributed by atoms with Gasteiger partial charge in [-0.25, -0.2) is 4.39 Å². The minimum atomic E-state index is -4.37. The molecule has 0 aliphatic carbocycles. The molecule has 0 saturated carbocycles. The lowest BCUT2D eigenvalue weighted by atomic mass is 9.93. The Bertz CT molecular complexity index is 1100. The number of alkyl halides is 3. The van der Waals surface area contributed by atoms with Gasteiger partial charge in [0, 0.05) is 49.3 Å². The molecular formula is C28H34F4N2O4. The SMILES string of the molecule is CCOc1ccc(F)c(N2[C@H](C)CC(Oc3ccc(N4C[C@H](C(F)(F)F)C[C@@H]4CC(=O)O)cc3)C[C@H]2C)c1. The number of carboxylic acid groups (broad SMARTS) is 1. The zero-order chi connectivity index (χ0) is 27.6. The standard InChI is InChI=1S/C28H34F4N2O4/c1-4-37-23-9-10-25(29)26(15-23)34-17(2)11-24(12-18(34)3)38-22-7-5-20(6-8-22)33-16-19(28(30,31)32)13-21(33)14-27(35)36/h5-10,15,17-19,21,24H,4,11-14,16H2,1-3H3,(H,35,36)/t17-,18-,19-,21-/m1/s1. The molecule has 0 aromatic heterocycles. The lowest BCUT2D eigenvalue weighted by molar-refractivity contribution is -0.169. The minimum Gasteiger partial charge on any atom is -0.494 e. The molecule has 4 rings (SSSR count). The van der Waals surface area contributed by atoms with E-state index < -0.39 is 24.1 Å². The van der Waals surface area contributed by atoms with Crippen LogP contribution in [0, 0.1) is 11.7 Å². The number of benzene rings is 2. The number of carboxylic acids is 1. The molecule has 4 atom stereocenters. The average molecular weight is 539 g/mol. The molecule has 2 aliphatic heterocycles. The lowest BCUT2D eigenvalue weighted by Crippen LogP contribution is -2.50. The molecule has 208 valence electrons. The van der Waals surface area contributed by atoms with Crippen LogP contribution in [-0.4, -0.2) is 54.6 Å². The first-order valence-electron chi connectivity index (χ1n) is 13.0. The van der Waals surface area contributed by atoms with E-state index in [1.165, 1.54) is 11.0 Å². The molecule has 38 heavy (non-hydrogen) atoms. The van der Waals surface area contributed by atoms with Gasteiger partial charge in [-0.15, -0.1) is 0 Å². The maximum atomic E-state index is 14.7. The normalized spacial score (nSPS) is 25.9. The number of carbonyl (C=O) groups is 1. The van der Waals surface area contributed by atoms with Gasteiger partial charge in [0.1, 0.15) is 23.4 Å². The largest absolute Gasteiger partial charge is 0.494 e. The van der Waals surface area contributed by atoms with Crippen molar-refractivity contribution in [3.05, 3.63) is 48.3 Å². The number of nitrogens with zero attached hydrogens (tertiary/aromatic N) is 2. The van der Waals surface area contributed by atoms with Crippen molar-refractivity contribution in [2.45, 2.75) is 76.9 Å². The predicted molar refractivity (Wildman–Crippen MR) is 137 cm³/mol. The van der Waals surface area contributed by atoms with E-state index in [2.05, 4.69) is 0 Å². The van der Waals surface area contributed by atoms with Gasteiger partial charge in [-0.2, -0.15) is 13.2 Å². The van der Waals surface area contributed by atoms with Crippen molar-refractivity contribution in [1.29, 1.82) is 0 Å². The number of halogens is 4. The Labute approximate surface area is 220 Å². The Morgan fingerprint density at radius 1 is 1.03 bits per heavy atom. The van der Waals surface area contributed by atoms with Crippen LogP contribution in [0.2, 0.25) is 0 Å². The molecule has 2 heterocycles. The van der Waals surface area contributed by atoms with E-state index in [1.54, 1.807) is 36.4 Å². The van der Waals surface area contributed by atoms with E-state index in [0.29, 0.717) is 42.3 Å². The number of rotatable bonds is 8. The highest BCUT2D eigenvalue weighted by atomic mass is 19.4. The second-order valence-electron chi connectivity index (χ2n) is 10.2. The van der Waals surface area contributed by atoms with Crippen molar-refractivity contribution in [2.24, 2.45) is 5.92 Å². The Balaban J connectivity index is 1.42. The van der Waals surface area contributed by atoms with Crippen molar-refractivity contribution >= 4 is 17.3 Å². The van der Waals surface area contributed by atoms with Gasteiger partial charge in [0.05, 0.1) is 24.6 Å². The van der Waals surface area contributed by atoms with Gasteiger partial charge in [-0.05, 0) is 63.6 Å². The van der Waals surface area contributed by atoms with E-state index in [1.807, 2.05) is 25.7 Å². The van der Waals surface area contributed by atoms with Crippen LogP contribution in [0.1, 0.15) is 46.5 Å². The Morgan fingerprint density at radius 2 is 1.66 bits per heavy atom. The maximum absolute atomic E-state index is 14.7. The van der Waals surface area contributed by atoms with Crippen LogP contribution in [0.15, 0.2) is 42.5 Å². The highest BCUT2D eigenvalue weighted by Crippen LogP contribution is 2.40. The van der Waals surface area contributed by atoms with Gasteiger partial charge in [-0.3, -0.25) is 4.79 Å². The van der Waals surface area contributed by atoms with Gasteiger partial charge >= 0.3 is 12.1 Å². The van der Waals surface area contributed by atoms with E-state index in [-0.39, 0.29) is 43.4 Å². The number of aliphatic carboxylic acids is 1. The summed E-state index contributed by atoms with van der Waals surface area (Å²) in [6, 6.07) is 10.8. The second-order valence-corrected chi connectivity index (χ2v) is 10.2. The molecule has 0 unspecified atom stereocenters. The number of piperidine rings is 1. The van der Waals surface area contributed by atoms with Crippen molar-refractivity contribution < 1.29 is 36.9 Å². The summed E-state index contributed by atoms with van der Waals surface area (Å²) in [6.07, 6.45) is -3.77. The highest BCUT2D eigenvalue weighted by molar-refractivity contribution is 5.69. The molecule has 1 N–H and O–H groups in total. The number of ether oxygens (including phenoxy) is 2. The third-order valence-corrected chi connectivity index (χ3v) is 7.42. The molecule has 0 radical (unpaired) electrons. The Kier molecular flexibility index (Phi) is 8.28. The number of hydrogen-bond acceptors (Lipinski definition) is 5. The fourth-order valence-corrected chi connectivity index (χ4v) is 5.81. The molecule has 2 aliphatic rings. The van der Waals surface area contributed by atoms with Crippen molar-refractivity contribution in [2.75, 3.05) is 23.0 Å². The first-order chi connectivity index (χ1) is 18.0. The summed E-state index contributed by atoms with van der Waals surface area (Å²) in [6.45, 7) is 6.15. The van der Waals surface area contributed by atoms with E-state index in [0.717, 1.165) is 0 Å². The molecule has 2 saturated heterocycles. The summed E-state index contributed by atoms with van der Waals surface area (Å²) in [5, 5.41) is 9.18. The first kappa shape index (κ1) is 27.9. The smallest absolute Gasteiger partial charge is 0.393 e. The molecule has 2 aromatic rings. The zero-order valence-corrected chi connectivity index (χ0v) is 21.7. The Morgan fingerprint density at radius 3 is 2.24 bits per heavy atom. The van der Waals surface area contributed by atoms with Crippen LogP contribution < -0.4 is 19.3 Å². The molecule has 0 spiro atoms. The molecule has 2 aromatic carbocycles. The lowest BCUT2D eigenvalue weighted by Gasteiger charge is -2.44. The van der Waals surface area contributed by atoms with Crippen LogP contribution in [0.25, 0.3) is 0 Å². The maximum Gasteiger partial charge on any atom is 0.393 e. The van der Waals surface area contributed by atoms with Crippen LogP contribution in [0.4, 0.5) is 28.9 Å². The molecule has 6 nitrogen and oxygen atoms in total. The predicted octanol–water partition coefficient (Wildman–Crippen LogP) is 6.28. The first-order valence-corrected chi connectivity index (χ1v) is 13.0. The van der Waals surface area contributed by atoms with Gasteiger partial charge < -0.3 is 24.4 Å². The van der Waals surface area contributed by atoms with Crippen molar-refractivity contribution in [3.8, 4) is 11.5 Å². The molecule has 2 fully saturated rings. The van der Waals surface area contributed by atoms with Gasteiger partial charge in [0.25, 0.3) is 0 Å². The van der Waals surface area contributed by atoms with E-state index in [4.69, 9.17) is 9.47 Å². The summed E-state index contributed by atoms with van der Waals surface area (Å²) >= 11 is 0. The van der Waals surface area contributed by atoms with Crippen LogP contribution in [0.5, 0.6) is 11.5 Å². The summed E-state index contributed by atoms with van der Waals surface area (Å²) in [5.74, 6) is -1.79. The monoisotopic (exact) mass is 538 g/mol. The van der Waals surface area contributed by atoms with Gasteiger partial charge in [0.15, 0.2) is 0 Å². The van der Waals surface area contributed by atoms with Crippen LogP contribution >= 0.6 is 0 Å². The van der Waals surface area contributed by atoms with Crippen LogP contribution in [0.3, 0.4) is 0 Å². The van der Waals surface area contributed by atoms with Gasteiger partial charge in [0.2, 0.25) is 0 Å². The molecule has 0 bridgehead atoms. The van der Waals surface area contributed by atoms with E-state index in [9.17, 15) is 27.5 Å². The minimum absolute atomic E-state index is 0.00456. The zero-order valence-electron chi connectivity index (χ0n) is 21.7. The fraction of sp³-hybridized carbons (Fsp3) is 0.536. The average Bonchev–Trinajstić information content (AvgIpc) is 3.25. The third kappa shape index (κ3) is 6.27. The quantitative estimate of drug-likeness (QED) is 0.399. The van der Waals surface area contributed by atoms with Crippen molar-refractivity contribution in [3.63, 3.8) is 0 Å². The van der Waals surface area contributed by atoms with E-state index >= 15 is 0 Å². The molecule has 0 amide bonds. The van der Waals surface area contributed by atoms with Crippen molar-refractivity contribution in [1.82, 2.24) is 0 Å². The number of anilines is 2. The molecular weight excluding hydrogens is 504 g/mol. The topological polar surface area (TPSA) is 62.2 Å². The third-order valence-electron chi connectivity index (χ3n) is 7.42. The Hall–Kier alpha value is -3.17. The summed E-state index contributed by atoms with van der Waals surface area (Å²) < 4.78 is 66.5. The second kappa shape index (κ2) is 11.3. The summed E-state index contributed by atoms with van der Waals surface area (Å²) in [4.78, 5) is 14.8. The van der Waals surface area contributed by atoms with Gasteiger partial charge in [-0.1, -0.05) is 0 Å². The number of hydrogen-bond donors (Lipinski definition) is 1. The van der Waals surface area contributed by atoms with Crippen LogP contribution in [-0.2, 0) is 4.79 Å².